The Balaban J connectivity index is 2.95. The molecule has 1 nitrogen and oxygen atoms in total. The lowest BCUT2D eigenvalue weighted by Gasteiger charge is -1.82. The highest BCUT2D eigenvalue weighted by molar-refractivity contribution is 9.11. The number of fused-ring (bicyclic) bond motifs is 1. The fourth-order valence-corrected chi connectivity index (χ4v) is 3.58. The van der Waals surface area contributed by atoms with Crippen molar-refractivity contribution in [2.24, 2.45) is 0 Å². The summed E-state index contributed by atoms with van der Waals surface area (Å²) in [5.41, 5.74) is 6.64. The summed E-state index contributed by atoms with van der Waals surface area (Å²) in [5, 5.41) is 2.06. The molecule has 0 fully saturated rings. The smallest absolute Gasteiger partial charge is 0.0948 e. The van der Waals surface area contributed by atoms with Crippen molar-refractivity contribution in [3.63, 3.8) is 0 Å². The molecule has 10 heavy (non-hydrogen) atoms. The van der Waals surface area contributed by atoms with Crippen LogP contribution in [-0.4, -0.2) is 0 Å². The van der Waals surface area contributed by atoms with Crippen molar-refractivity contribution in [3.05, 3.63) is 15.2 Å². The van der Waals surface area contributed by atoms with Crippen LogP contribution in [-0.2, 0) is 0 Å². The molecule has 2 heterocycles. The maximum atomic E-state index is 5.76. The fourth-order valence-electron chi connectivity index (χ4n) is 0.815. The summed E-state index contributed by atoms with van der Waals surface area (Å²) >= 11 is 6.77. The van der Waals surface area contributed by atoms with Gasteiger partial charge in [-0.05, 0) is 27.4 Å². The molecule has 0 unspecified atom stereocenters. The molecule has 0 amide bonds. The van der Waals surface area contributed by atoms with Crippen LogP contribution >= 0.6 is 38.6 Å². The Labute approximate surface area is 74.6 Å². The number of nitrogen functional groups attached to an aromatic ring is 1. The van der Waals surface area contributed by atoms with E-state index in [1.54, 1.807) is 22.7 Å². The van der Waals surface area contributed by atoms with Crippen LogP contribution in [0.15, 0.2) is 15.2 Å². The van der Waals surface area contributed by atoms with Gasteiger partial charge in [0, 0.05) is 4.70 Å². The van der Waals surface area contributed by atoms with Crippen LogP contribution in [0.3, 0.4) is 0 Å². The highest BCUT2D eigenvalue weighted by Crippen LogP contribution is 2.40. The van der Waals surface area contributed by atoms with Gasteiger partial charge in [-0.15, -0.1) is 22.7 Å². The van der Waals surface area contributed by atoms with Crippen LogP contribution in [0.4, 0.5) is 5.69 Å². The molecule has 4 heteroatoms. The molecule has 0 radical (unpaired) electrons. The second-order valence-corrected chi connectivity index (χ2v) is 5.19. The lowest BCUT2D eigenvalue weighted by molar-refractivity contribution is 1.94. The highest BCUT2D eigenvalue weighted by atomic mass is 79.9. The molecule has 2 aromatic heterocycles. The number of nitrogens with two attached hydrogens (primary N) is 1. The average Bonchev–Trinajstić information content (AvgIpc) is 2.41. The van der Waals surface area contributed by atoms with Crippen LogP contribution in [0.2, 0.25) is 0 Å². The van der Waals surface area contributed by atoms with Gasteiger partial charge in [-0.2, -0.15) is 0 Å². The van der Waals surface area contributed by atoms with Crippen molar-refractivity contribution in [2.75, 3.05) is 5.73 Å². The second-order valence-electron chi connectivity index (χ2n) is 1.90. The predicted molar refractivity (Wildman–Crippen MR) is 51.8 cm³/mol. The molecule has 2 N–H and O–H groups in total. The van der Waals surface area contributed by atoms with Gasteiger partial charge >= 0.3 is 0 Å². The van der Waals surface area contributed by atoms with Gasteiger partial charge in [-0.1, -0.05) is 0 Å². The van der Waals surface area contributed by atoms with Crippen molar-refractivity contribution in [3.8, 4) is 0 Å². The molecule has 0 aliphatic rings. The van der Waals surface area contributed by atoms with Crippen LogP contribution in [0.5, 0.6) is 0 Å². The van der Waals surface area contributed by atoms with E-state index in [0.717, 1.165) is 9.47 Å². The summed E-state index contributed by atoms with van der Waals surface area (Å²) in [6.45, 7) is 0. The van der Waals surface area contributed by atoms with E-state index in [1.165, 1.54) is 9.40 Å². The number of hydrogen-bond acceptors (Lipinski definition) is 3. The van der Waals surface area contributed by atoms with E-state index in [4.69, 9.17) is 5.73 Å². The van der Waals surface area contributed by atoms with Gasteiger partial charge in [0.25, 0.3) is 0 Å². The first-order valence-corrected chi connectivity index (χ1v) is 5.19. The van der Waals surface area contributed by atoms with Crippen molar-refractivity contribution in [1.82, 2.24) is 0 Å². The van der Waals surface area contributed by atoms with E-state index in [9.17, 15) is 0 Å². The summed E-state index contributed by atoms with van der Waals surface area (Å²) < 4.78 is 3.53. The molecular formula is C6H4BrNS2. The summed E-state index contributed by atoms with van der Waals surface area (Å²) in [4.78, 5) is 0. The van der Waals surface area contributed by atoms with Crippen LogP contribution in [0.25, 0.3) is 9.40 Å². The molecule has 0 saturated carbocycles. The minimum atomic E-state index is 0.884. The Morgan fingerprint density at radius 1 is 1.50 bits per heavy atom. The zero-order valence-corrected chi connectivity index (χ0v) is 8.15. The van der Waals surface area contributed by atoms with Gasteiger partial charge in [-0.25, -0.2) is 0 Å². The lowest BCUT2D eigenvalue weighted by atomic mass is 10.5. The molecular weight excluding hydrogens is 230 g/mol. The molecule has 0 saturated heterocycles. The normalized spacial score (nSPS) is 10.9. The zero-order valence-electron chi connectivity index (χ0n) is 4.93. The largest absolute Gasteiger partial charge is 0.396 e. The first-order chi connectivity index (χ1) is 4.79. The zero-order chi connectivity index (χ0) is 7.14. The van der Waals surface area contributed by atoms with E-state index >= 15 is 0 Å². The fraction of sp³-hybridized carbons (Fsp3) is 0. The summed E-state index contributed by atoms with van der Waals surface area (Å²) in [5.74, 6) is 0. The van der Waals surface area contributed by atoms with Gasteiger partial charge in [-0.3, -0.25) is 0 Å². The van der Waals surface area contributed by atoms with Gasteiger partial charge in [0.1, 0.15) is 0 Å². The van der Waals surface area contributed by atoms with Gasteiger partial charge in [0.05, 0.1) is 14.2 Å². The SMILES string of the molecule is Nc1c(Br)sc2ccsc12. The molecule has 2 aromatic rings. The average molecular weight is 234 g/mol. The topological polar surface area (TPSA) is 26.0 Å². The molecule has 0 aliphatic carbocycles. The number of anilines is 1. The molecule has 0 atom stereocenters. The Kier molecular flexibility index (Phi) is 1.47. The van der Waals surface area contributed by atoms with E-state index in [1.807, 2.05) is 0 Å². The third kappa shape index (κ3) is 0.794. The molecule has 52 valence electrons. The van der Waals surface area contributed by atoms with Crippen LogP contribution in [0, 0.1) is 0 Å². The monoisotopic (exact) mass is 233 g/mol. The van der Waals surface area contributed by atoms with Gasteiger partial charge in [0.2, 0.25) is 0 Å². The third-order valence-corrected chi connectivity index (χ3v) is 4.23. The Morgan fingerprint density at radius 2 is 2.30 bits per heavy atom. The maximum absolute atomic E-state index is 5.76. The van der Waals surface area contributed by atoms with Crippen molar-refractivity contribution >= 4 is 53.7 Å². The molecule has 2 rings (SSSR count). The number of rotatable bonds is 0. The molecule has 0 aromatic carbocycles. The van der Waals surface area contributed by atoms with E-state index in [2.05, 4.69) is 27.4 Å². The lowest BCUT2D eigenvalue weighted by Crippen LogP contribution is -1.78. The Morgan fingerprint density at radius 3 is 3.00 bits per heavy atom. The summed E-state index contributed by atoms with van der Waals surface area (Å²) in [6.07, 6.45) is 0. The second kappa shape index (κ2) is 2.22. The highest BCUT2D eigenvalue weighted by Gasteiger charge is 2.06. The first kappa shape index (κ1) is 6.64. The molecule has 0 spiro atoms. The van der Waals surface area contributed by atoms with Crippen molar-refractivity contribution in [1.29, 1.82) is 0 Å². The quantitative estimate of drug-likeness (QED) is 0.743. The Bertz CT molecular complexity index is 363. The van der Waals surface area contributed by atoms with Crippen LogP contribution < -0.4 is 5.73 Å². The Hall–Kier alpha value is -0.0600. The minimum Gasteiger partial charge on any atom is -0.396 e. The number of halogens is 1. The maximum Gasteiger partial charge on any atom is 0.0948 e. The summed E-state index contributed by atoms with van der Waals surface area (Å²) in [6, 6.07) is 2.09. The first-order valence-electron chi connectivity index (χ1n) is 2.70. The predicted octanol–water partition coefficient (Wildman–Crippen LogP) is 3.31. The van der Waals surface area contributed by atoms with Gasteiger partial charge < -0.3 is 5.73 Å². The minimum absolute atomic E-state index is 0.884. The van der Waals surface area contributed by atoms with Crippen LogP contribution in [0.1, 0.15) is 0 Å². The third-order valence-electron chi connectivity index (χ3n) is 1.29. The summed E-state index contributed by atoms with van der Waals surface area (Å²) in [7, 11) is 0. The van der Waals surface area contributed by atoms with E-state index in [0.29, 0.717) is 0 Å². The van der Waals surface area contributed by atoms with Gasteiger partial charge in [0.15, 0.2) is 0 Å². The standard InChI is InChI=1S/C6H4BrNS2/c7-6-4(8)5-3(10-6)1-2-9-5/h1-2H,8H2. The number of thiophene rings is 2. The molecule has 0 bridgehead atoms. The van der Waals surface area contributed by atoms with Crippen molar-refractivity contribution < 1.29 is 0 Å². The van der Waals surface area contributed by atoms with Crippen molar-refractivity contribution in [2.45, 2.75) is 0 Å². The van der Waals surface area contributed by atoms with E-state index in [-0.39, 0.29) is 0 Å². The van der Waals surface area contributed by atoms with E-state index < -0.39 is 0 Å². The number of hydrogen-bond donors (Lipinski definition) is 1. The molecule has 0 aliphatic heterocycles.